The average molecular weight is 758 g/mol. The Hall–Kier alpha value is -7.56. The number of anilines is 2. The van der Waals surface area contributed by atoms with Crippen LogP contribution in [0.4, 0.5) is 11.4 Å². The highest BCUT2D eigenvalue weighted by atomic mass is 16.3. The molecule has 0 saturated heterocycles. The first-order chi connectivity index (χ1) is 29.2. The molecule has 0 bridgehead atoms. The minimum atomic E-state index is 0.254. The van der Waals surface area contributed by atoms with Gasteiger partial charge in [0.05, 0.1) is 22.8 Å². The van der Waals surface area contributed by atoms with Gasteiger partial charge in [0.25, 0.3) is 0 Å². The molecule has 0 saturated carbocycles. The Labute approximate surface area is 341 Å². The summed E-state index contributed by atoms with van der Waals surface area (Å²) in [5.74, 6) is 0. The van der Waals surface area contributed by atoms with Crippen LogP contribution in [0.15, 0.2) is 205 Å². The SMILES string of the molecule is CN(c1ccccc1)c1c(-c2cccc3c2oc2ccccc23)cc(-c2ccc3c(c2)c2ccccc2n3C2C=CC=CC2)c2c1c1ccccc1n2-c1ccccc1. The molecule has 0 N–H and O–H groups in total. The second-order valence-electron chi connectivity index (χ2n) is 15.6. The average Bonchev–Trinajstić information content (AvgIpc) is 3.97. The number of benzene rings is 8. The van der Waals surface area contributed by atoms with E-state index < -0.39 is 0 Å². The van der Waals surface area contributed by atoms with Crippen LogP contribution in [0.3, 0.4) is 0 Å². The molecule has 11 aromatic rings. The van der Waals surface area contributed by atoms with Crippen molar-refractivity contribution in [2.24, 2.45) is 0 Å². The second-order valence-corrected chi connectivity index (χ2v) is 15.6. The molecule has 4 heteroatoms. The molecule has 1 unspecified atom stereocenters. The van der Waals surface area contributed by atoms with Gasteiger partial charge in [-0.3, -0.25) is 0 Å². The molecule has 1 aliphatic carbocycles. The fraction of sp³-hybridized carbons (Fsp3) is 0.0545. The topological polar surface area (TPSA) is 26.2 Å². The number of para-hydroxylation sites is 6. The van der Waals surface area contributed by atoms with Crippen molar-refractivity contribution in [3.8, 4) is 27.9 Å². The van der Waals surface area contributed by atoms with E-state index in [1.54, 1.807) is 0 Å². The van der Waals surface area contributed by atoms with Crippen molar-refractivity contribution in [2.75, 3.05) is 11.9 Å². The highest BCUT2D eigenvalue weighted by molar-refractivity contribution is 6.24. The van der Waals surface area contributed by atoms with Crippen LogP contribution in [0.25, 0.3) is 93.5 Å². The monoisotopic (exact) mass is 757 g/mol. The van der Waals surface area contributed by atoms with Gasteiger partial charge in [-0.15, -0.1) is 0 Å². The maximum absolute atomic E-state index is 6.83. The molecule has 1 aliphatic rings. The largest absolute Gasteiger partial charge is 0.455 e. The molecule has 280 valence electrons. The minimum absolute atomic E-state index is 0.254. The lowest BCUT2D eigenvalue weighted by Gasteiger charge is -2.26. The van der Waals surface area contributed by atoms with Gasteiger partial charge in [0.1, 0.15) is 11.2 Å². The van der Waals surface area contributed by atoms with E-state index >= 15 is 0 Å². The smallest absolute Gasteiger partial charge is 0.143 e. The number of aromatic nitrogens is 2. The summed E-state index contributed by atoms with van der Waals surface area (Å²) >= 11 is 0. The molecule has 0 aliphatic heterocycles. The third kappa shape index (κ3) is 5.09. The van der Waals surface area contributed by atoms with Crippen LogP contribution in [-0.2, 0) is 0 Å². The zero-order valence-corrected chi connectivity index (χ0v) is 32.6. The molecule has 3 aromatic heterocycles. The molecule has 59 heavy (non-hydrogen) atoms. The Kier molecular flexibility index (Phi) is 7.54. The van der Waals surface area contributed by atoms with Crippen molar-refractivity contribution >= 4 is 76.9 Å². The van der Waals surface area contributed by atoms with Crippen LogP contribution in [0, 0.1) is 0 Å². The molecule has 0 amide bonds. The van der Waals surface area contributed by atoms with Crippen molar-refractivity contribution in [2.45, 2.75) is 12.5 Å². The Balaban J connectivity index is 1.26. The van der Waals surface area contributed by atoms with Gasteiger partial charge in [-0.1, -0.05) is 140 Å². The Bertz CT molecular complexity index is 3490. The van der Waals surface area contributed by atoms with Crippen molar-refractivity contribution in [3.05, 3.63) is 200 Å². The maximum Gasteiger partial charge on any atom is 0.143 e. The Morgan fingerprint density at radius 3 is 2.05 bits per heavy atom. The highest BCUT2D eigenvalue weighted by Crippen LogP contribution is 2.51. The summed E-state index contributed by atoms with van der Waals surface area (Å²) in [5, 5.41) is 7.13. The zero-order chi connectivity index (χ0) is 39.0. The number of hydrogen-bond acceptors (Lipinski definition) is 2. The van der Waals surface area contributed by atoms with Crippen molar-refractivity contribution in [1.82, 2.24) is 9.13 Å². The molecule has 0 fully saturated rings. The third-order valence-electron chi connectivity index (χ3n) is 12.4. The molecule has 8 aromatic carbocycles. The number of rotatable bonds is 6. The van der Waals surface area contributed by atoms with E-state index in [4.69, 9.17) is 4.42 Å². The van der Waals surface area contributed by atoms with E-state index in [1.807, 2.05) is 0 Å². The van der Waals surface area contributed by atoms with Crippen LogP contribution >= 0.6 is 0 Å². The normalized spacial score (nSPS) is 14.2. The number of allylic oxidation sites excluding steroid dienone is 4. The zero-order valence-electron chi connectivity index (χ0n) is 32.6. The van der Waals surface area contributed by atoms with Crippen molar-refractivity contribution in [3.63, 3.8) is 0 Å². The van der Waals surface area contributed by atoms with Gasteiger partial charge in [0.2, 0.25) is 0 Å². The summed E-state index contributed by atoms with van der Waals surface area (Å²) in [7, 11) is 2.20. The van der Waals surface area contributed by atoms with Crippen molar-refractivity contribution < 1.29 is 4.42 Å². The van der Waals surface area contributed by atoms with E-state index in [9.17, 15) is 0 Å². The standard InChI is InChI=1S/C55H39N3O/c1-56(37-18-5-2-6-19-37)53-47(43-28-17-27-42-41-25-13-16-31-51(41)59-55(42)43)35-45(54-52(53)44-26-12-15-30-49(44)58(54)39-22-9-4-10-23-39)36-32-33-50-46(34-36)40-24-11-14-29-48(40)57(50)38-20-7-3-8-21-38/h2-20,22-35,38H,21H2,1H3. The van der Waals surface area contributed by atoms with Gasteiger partial charge in [0.15, 0.2) is 0 Å². The fourth-order valence-electron chi connectivity index (χ4n) is 9.80. The number of furan rings is 1. The Morgan fingerprint density at radius 1 is 0.542 bits per heavy atom. The van der Waals surface area contributed by atoms with Crippen LogP contribution in [0.2, 0.25) is 0 Å². The second kappa shape index (κ2) is 13.3. The molecule has 12 rings (SSSR count). The van der Waals surface area contributed by atoms with Gasteiger partial charge >= 0.3 is 0 Å². The molecule has 3 heterocycles. The van der Waals surface area contributed by atoms with Crippen LogP contribution in [0.5, 0.6) is 0 Å². The van der Waals surface area contributed by atoms with Crippen LogP contribution in [0.1, 0.15) is 12.5 Å². The van der Waals surface area contributed by atoms with Gasteiger partial charge in [-0.25, -0.2) is 0 Å². The van der Waals surface area contributed by atoms with Gasteiger partial charge < -0.3 is 18.5 Å². The molecular weight excluding hydrogens is 719 g/mol. The molecule has 1 atom stereocenters. The van der Waals surface area contributed by atoms with E-state index in [-0.39, 0.29) is 6.04 Å². The van der Waals surface area contributed by atoms with E-state index in [0.29, 0.717) is 0 Å². The van der Waals surface area contributed by atoms with Crippen LogP contribution < -0.4 is 4.90 Å². The van der Waals surface area contributed by atoms with E-state index in [1.165, 1.54) is 38.1 Å². The Morgan fingerprint density at radius 2 is 1.24 bits per heavy atom. The summed E-state index contributed by atoms with van der Waals surface area (Å²) in [6.07, 6.45) is 9.91. The van der Waals surface area contributed by atoms with E-state index in [2.05, 4.69) is 221 Å². The third-order valence-corrected chi connectivity index (χ3v) is 12.4. The quantitative estimate of drug-likeness (QED) is 0.169. The summed E-state index contributed by atoms with van der Waals surface area (Å²) in [5.41, 5.74) is 14.5. The summed E-state index contributed by atoms with van der Waals surface area (Å²) in [6, 6.07) is 64.1. The van der Waals surface area contributed by atoms with Crippen molar-refractivity contribution in [1.29, 1.82) is 0 Å². The number of fused-ring (bicyclic) bond motifs is 9. The summed E-state index contributed by atoms with van der Waals surface area (Å²) < 4.78 is 11.8. The first-order valence-corrected chi connectivity index (χ1v) is 20.4. The minimum Gasteiger partial charge on any atom is -0.455 e. The van der Waals surface area contributed by atoms with Gasteiger partial charge in [-0.05, 0) is 72.6 Å². The van der Waals surface area contributed by atoms with Gasteiger partial charge in [-0.2, -0.15) is 0 Å². The summed E-state index contributed by atoms with van der Waals surface area (Å²) in [4.78, 5) is 2.37. The number of hydrogen-bond donors (Lipinski definition) is 0. The lowest BCUT2D eigenvalue weighted by Crippen LogP contribution is -2.12. The summed E-state index contributed by atoms with van der Waals surface area (Å²) in [6.45, 7) is 0. The lowest BCUT2D eigenvalue weighted by atomic mass is 9.91. The first kappa shape index (κ1) is 33.6. The molecule has 0 spiro atoms. The predicted molar refractivity (Wildman–Crippen MR) is 248 cm³/mol. The van der Waals surface area contributed by atoms with E-state index in [0.717, 1.165) is 73.2 Å². The first-order valence-electron chi connectivity index (χ1n) is 20.4. The van der Waals surface area contributed by atoms with Gasteiger partial charge in [0, 0.05) is 78.5 Å². The fourth-order valence-corrected chi connectivity index (χ4v) is 9.80. The predicted octanol–water partition coefficient (Wildman–Crippen LogP) is 15.0. The highest BCUT2D eigenvalue weighted by Gasteiger charge is 2.28. The van der Waals surface area contributed by atoms with Crippen LogP contribution in [-0.4, -0.2) is 16.2 Å². The lowest BCUT2D eigenvalue weighted by molar-refractivity contribution is 0.648. The molecular formula is C55H39N3O. The molecule has 4 nitrogen and oxygen atoms in total. The maximum atomic E-state index is 6.83. The number of nitrogens with zero attached hydrogens (tertiary/aromatic N) is 3. The molecule has 0 radical (unpaired) electrons.